The van der Waals surface area contributed by atoms with Gasteiger partial charge < -0.3 is 109 Å². The maximum absolute atomic E-state index is 12.7. The zero-order chi connectivity index (χ0) is 58.9. The second-order valence-electron chi connectivity index (χ2n) is 26.1. The summed E-state index contributed by atoms with van der Waals surface area (Å²) >= 11 is 0. The molecule has 30 unspecified atom stereocenters. The van der Waals surface area contributed by atoms with E-state index in [1.807, 2.05) is 13.8 Å². The molecular weight excluding hydrogens is 1060 g/mol. The zero-order valence-electron chi connectivity index (χ0n) is 45.9. The Morgan fingerprint density at radius 1 is 0.537 bits per heavy atom. The molecule has 0 bridgehead atoms. The lowest BCUT2D eigenvalue weighted by Gasteiger charge is -2.71. The Hall–Kier alpha value is -3.10. The first-order valence-corrected chi connectivity index (χ1v) is 27.8. The van der Waals surface area contributed by atoms with Crippen molar-refractivity contribution in [1.82, 2.24) is 0 Å². The molecule has 0 aromatic heterocycles. The van der Waals surface area contributed by atoms with E-state index >= 15 is 0 Å². The van der Waals surface area contributed by atoms with Crippen LogP contribution in [0.25, 0.3) is 0 Å². The van der Waals surface area contributed by atoms with Crippen molar-refractivity contribution in [1.29, 1.82) is 0 Å². The average molecular weight is 1150 g/mol. The van der Waals surface area contributed by atoms with Crippen molar-refractivity contribution >= 4 is 23.9 Å². The number of aliphatic carboxylic acids is 4. The number of allylic oxidation sites excluding steroid dienone is 2. The summed E-state index contributed by atoms with van der Waals surface area (Å²) in [4.78, 5) is 50.2. The molecule has 454 valence electrons. The maximum atomic E-state index is 12.7. The summed E-state index contributed by atoms with van der Waals surface area (Å²) in [6.45, 7) is 13.8. The van der Waals surface area contributed by atoms with Crippen LogP contribution in [0.4, 0.5) is 0 Å². The quantitative estimate of drug-likeness (QED) is 0.0761. The van der Waals surface area contributed by atoms with Crippen LogP contribution in [0.1, 0.15) is 113 Å². The van der Waals surface area contributed by atoms with Crippen molar-refractivity contribution in [2.45, 2.75) is 242 Å². The van der Waals surface area contributed by atoms with E-state index in [-0.39, 0.29) is 40.4 Å². The van der Waals surface area contributed by atoms with E-state index in [4.69, 9.17) is 37.9 Å². The van der Waals surface area contributed by atoms with E-state index in [1.165, 1.54) is 12.5 Å². The van der Waals surface area contributed by atoms with Gasteiger partial charge in [0.05, 0.1) is 24.2 Å². The van der Waals surface area contributed by atoms with Gasteiger partial charge in [0.1, 0.15) is 73.2 Å². The first-order chi connectivity index (χ1) is 37.2. The van der Waals surface area contributed by atoms with Gasteiger partial charge in [-0.3, -0.25) is 4.79 Å². The summed E-state index contributed by atoms with van der Waals surface area (Å²) in [5.41, 5.74) is -1.60. The van der Waals surface area contributed by atoms with Crippen molar-refractivity contribution in [3.05, 3.63) is 11.6 Å². The highest BCUT2D eigenvalue weighted by atomic mass is 16.8. The molecule has 26 nitrogen and oxygen atoms in total. The Morgan fingerprint density at radius 2 is 1.01 bits per heavy atom. The first kappa shape index (κ1) is 61.5. The lowest BCUT2D eigenvalue weighted by Crippen LogP contribution is -2.69. The van der Waals surface area contributed by atoms with Gasteiger partial charge in [-0.15, -0.1) is 0 Å². The molecule has 8 fully saturated rings. The molecule has 0 aromatic carbocycles. The number of carbonyl (C=O) groups is 4. The van der Waals surface area contributed by atoms with Crippen LogP contribution in [0.5, 0.6) is 0 Å². The highest BCUT2D eigenvalue weighted by Crippen LogP contribution is 2.76. The Balaban J connectivity index is 1.01. The summed E-state index contributed by atoms with van der Waals surface area (Å²) in [6.07, 6.45) is -34.8. The van der Waals surface area contributed by atoms with Gasteiger partial charge in [0.2, 0.25) is 0 Å². The number of ether oxygens (including phenoxy) is 8. The molecular formula is C54H82O26. The Labute approximate surface area is 461 Å². The molecule has 0 amide bonds. The minimum Gasteiger partial charge on any atom is -0.481 e. The number of hydrogen-bond donors (Lipinski definition) is 14. The molecule has 4 heterocycles. The Morgan fingerprint density at radius 3 is 1.49 bits per heavy atom. The number of carboxylic acids is 4. The predicted molar refractivity (Wildman–Crippen MR) is 265 cm³/mol. The summed E-state index contributed by atoms with van der Waals surface area (Å²) in [5, 5.41) is 152. The largest absolute Gasteiger partial charge is 0.481 e. The molecule has 0 spiro atoms. The average Bonchev–Trinajstić information content (AvgIpc) is 3.59. The monoisotopic (exact) mass is 1150 g/mol. The topological polar surface area (TPSA) is 425 Å². The summed E-state index contributed by atoms with van der Waals surface area (Å²) < 4.78 is 47.1. The summed E-state index contributed by atoms with van der Waals surface area (Å²) in [5.74, 6) is -6.33. The van der Waals surface area contributed by atoms with Crippen LogP contribution in [0.2, 0.25) is 0 Å². The number of rotatable bonds is 13. The Kier molecular flexibility index (Phi) is 16.7. The van der Waals surface area contributed by atoms with Crippen LogP contribution in [0.15, 0.2) is 11.6 Å². The SMILES string of the molecule is CC1OC(OC2C(OC3C(OC4C(OC5CCC6(C)C(CCC7(C)C6CC=C6C8CC(C)(C(=O)O)CCC8(C)CCC67C)C5(C)CO)OC(C(=O)O)C(O)C4O)OC(C(=O)O)C(O)C3O)OC(C(=O)O)C(O)C2O)C(O)C(O)C1O. The Bertz CT molecular complexity index is 2380. The van der Waals surface area contributed by atoms with E-state index in [1.54, 1.807) is 0 Å². The maximum Gasteiger partial charge on any atom is 0.335 e. The van der Waals surface area contributed by atoms with Crippen molar-refractivity contribution in [3.8, 4) is 0 Å². The minimum absolute atomic E-state index is 0.0358. The zero-order valence-corrected chi connectivity index (χ0v) is 45.9. The molecule has 30 atom stereocenters. The van der Waals surface area contributed by atoms with Crippen molar-refractivity contribution in [2.75, 3.05) is 6.61 Å². The molecule has 0 radical (unpaired) electrons. The van der Waals surface area contributed by atoms with Crippen LogP contribution in [-0.4, -0.2) is 231 Å². The molecule has 4 aliphatic heterocycles. The van der Waals surface area contributed by atoms with Gasteiger partial charge in [0, 0.05) is 5.41 Å². The lowest BCUT2D eigenvalue weighted by molar-refractivity contribution is -0.403. The summed E-state index contributed by atoms with van der Waals surface area (Å²) in [6, 6.07) is 0. The van der Waals surface area contributed by atoms with Gasteiger partial charge in [-0.2, -0.15) is 0 Å². The fraction of sp³-hybridized carbons (Fsp3) is 0.889. The molecule has 5 aliphatic carbocycles. The van der Waals surface area contributed by atoms with E-state index < -0.39 is 176 Å². The van der Waals surface area contributed by atoms with E-state index in [0.717, 1.165) is 25.7 Å². The van der Waals surface area contributed by atoms with Gasteiger partial charge in [-0.05, 0) is 117 Å². The standard InChI is InChI=1S/C54H82O26/c1-20-26(56)27(57)34(64)44(73-20)78-39-32(62)29(59)36(42(67)68)76-46(39)80-40-33(63)30(60)37(43(69)70)77-47(40)79-38-31(61)28(58)35(41(65)66)75-45(38)74-25-11-12-51(4)23(52(25,5)19-55)10-13-54(7)24(51)9-8-21-22-18-50(3,48(71)72)15-14-49(22,2)16-17-53(21,54)6/h8,20,22-40,44-47,55-64H,9-19H2,1-7H3,(H,65,66)(H,67,68)(H,69,70)(H,71,72). The number of hydrogen-bond acceptors (Lipinski definition) is 22. The van der Waals surface area contributed by atoms with Gasteiger partial charge in [-0.25, -0.2) is 14.4 Å². The van der Waals surface area contributed by atoms with E-state index in [9.17, 15) is 90.7 Å². The fourth-order valence-electron chi connectivity index (χ4n) is 16.4. The molecule has 14 N–H and O–H groups in total. The van der Waals surface area contributed by atoms with Gasteiger partial charge >= 0.3 is 23.9 Å². The smallest absolute Gasteiger partial charge is 0.335 e. The van der Waals surface area contributed by atoms with Crippen LogP contribution in [0, 0.1) is 50.2 Å². The molecule has 0 aromatic rings. The molecule has 9 rings (SSSR count). The molecule has 4 saturated carbocycles. The molecule has 4 saturated heterocycles. The first-order valence-electron chi connectivity index (χ1n) is 27.8. The predicted octanol–water partition coefficient (Wildman–Crippen LogP) is -1.19. The van der Waals surface area contributed by atoms with E-state index in [2.05, 4.69) is 33.8 Å². The normalized spacial score (nSPS) is 54.1. The third-order valence-corrected chi connectivity index (χ3v) is 21.8. The molecule has 26 heteroatoms. The highest BCUT2D eigenvalue weighted by molar-refractivity contribution is 5.75. The second kappa shape index (κ2) is 21.8. The van der Waals surface area contributed by atoms with Crippen molar-refractivity contribution in [3.63, 3.8) is 0 Å². The van der Waals surface area contributed by atoms with Crippen molar-refractivity contribution in [2.24, 2.45) is 50.2 Å². The van der Waals surface area contributed by atoms with Crippen LogP contribution in [0.3, 0.4) is 0 Å². The van der Waals surface area contributed by atoms with Crippen LogP contribution < -0.4 is 0 Å². The molecule has 80 heavy (non-hydrogen) atoms. The summed E-state index contributed by atoms with van der Waals surface area (Å²) in [7, 11) is 0. The van der Waals surface area contributed by atoms with Crippen LogP contribution in [-0.2, 0) is 57.1 Å². The van der Waals surface area contributed by atoms with Crippen molar-refractivity contribution < 1.29 is 129 Å². The lowest BCUT2D eigenvalue weighted by atomic mass is 9.33. The molecule has 9 aliphatic rings. The number of aliphatic hydroxyl groups is 10. The second-order valence-corrected chi connectivity index (χ2v) is 26.1. The van der Waals surface area contributed by atoms with Gasteiger partial charge in [0.15, 0.2) is 43.5 Å². The third-order valence-electron chi connectivity index (χ3n) is 21.8. The fourth-order valence-corrected chi connectivity index (χ4v) is 16.4. The third kappa shape index (κ3) is 9.74. The number of fused-ring (bicyclic) bond motifs is 7. The van der Waals surface area contributed by atoms with Gasteiger partial charge in [-0.1, -0.05) is 46.3 Å². The highest BCUT2D eigenvalue weighted by Gasteiger charge is 2.70. The van der Waals surface area contributed by atoms with E-state index in [0.29, 0.717) is 32.1 Å². The number of aliphatic hydroxyl groups excluding tert-OH is 10. The number of carboxylic acid groups (broad SMARTS) is 4. The minimum atomic E-state index is -2.43. The van der Waals surface area contributed by atoms with Gasteiger partial charge in [0.25, 0.3) is 0 Å². The van der Waals surface area contributed by atoms with Crippen LogP contribution >= 0.6 is 0 Å².